The maximum absolute atomic E-state index is 12.4. The van der Waals surface area contributed by atoms with Gasteiger partial charge < -0.3 is 14.2 Å². The smallest absolute Gasteiger partial charge is 0.330 e. The van der Waals surface area contributed by atoms with Crippen molar-refractivity contribution in [2.75, 3.05) is 25.7 Å². The molecule has 2 rings (SSSR count). The van der Waals surface area contributed by atoms with E-state index in [-0.39, 0.29) is 12.5 Å². The summed E-state index contributed by atoms with van der Waals surface area (Å²) in [6.07, 6.45) is 2.48. The van der Waals surface area contributed by atoms with Crippen molar-refractivity contribution in [3.05, 3.63) is 36.9 Å². The van der Waals surface area contributed by atoms with Gasteiger partial charge >= 0.3 is 5.97 Å². The molecule has 25 heavy (non-hydrogen) atoms. The van der Waals surface area contributed by atoms with E-state index in [9.17, 15) is 9.59 Å². The molecular weight excluding hydrogens is 324 g/mol. The number of carbonyl (C=O) groups is 2. The fourth-order valence-electron chi connectivity index (χ4n) is 2.46. The molecular formula is C18H22N2O5. The van der Waals surface area contributed by atoms with Crippen LogP contribution in [0.4, 0.5) is 5.69 Å². The van der Waals surface area contributed by atoms with Crippen molar-refractivity contribution in [1.29, 1.82) is 0 Å². The fraction of sp³-hybridized carbons (Fsp3) is 0.389. The molecule has 0 saturated carbocycles. The van der Waals surface area contributed by atoms with E-state index in [0.29, 0.717) is 11.4 Å². The number of hydrogen-bond donors (Lipinski definition) is 0. The molecule has 0 bridgehead atoms. The summed E-state index contributed by atoms with van der Waals surface area (Å²) in [4.78, 5) is 29.7. The lowest BCUT2D eigenvalue weighted by atomic mass is 9.97. The van der Waals surface area contributed by atoms with Crippen LogP contribution >= 0.6 is 0 Å². The van der Waals surface area contributed by atoms with Crippen LogP contribution in [0.25, 0.3) is 0 Å². The monoisotopic (exact) mass is 346 g/mol. The summed E-state index contributed by atoms with van der Waals surface area (Å²) in [5.41, 5.74) is 0.700. The third kappa shape index (κ3) is 4.06. The Morgan fingerprint density at radius 1 is 1.36 bits per heavy atom. The first-order chi connectivity index (χ1) is 12.0. The quantitative estimate of drug-likeness (QED) is 0.309. The van der Waals surface area contributed by atoms with Gasteiger partial charge in [0.1, 0.15) is 17.8 Å². The summed E-state index contributed by atoms with van der Waals surface area (Å²) >= 11 is 0. The van der Waals surface area contributed by atoms with Crippen molar-refractivity contribution in [2.45, 2.75) is 25.1 Å². The number of β-lactam (4-membered cyclic amide) rings is 1. The third-order valence-electron chi connectivity index (χ3n) is 3.84. The molecule has 1 saturated heterocycles. The zero-order valence-corrected chi connectivity index (χ0v) is 14.5. The van der Waals surface area contributed by atoms with Crippen LogP contribution in [0.3, 0.4) is 0 Å². The van der Waals surface area contributed by atoms with E-state index >= 15 is 0 Å². The molecule has 7 nitrogen and oxygen atoms in total. The molecule has 1 aliphatic rings. The average molecular weight is 346 g/mol. The van der Waals surface area contributed by atoms with E-state index in [0.717, 1.165) is 0 Å². The fourth-order valence-corrected chi connectivity index (χ4v) is 2.46. The van der Waals surface area contributed by atoms with Gasteiger partial charge in [0.15, 0.2) is 6.10 Å². The highest BCUT2D eigenvalue weighted by Gasteiger charge is 2.48. The number of hydrogen-bond acceptors (Lipinski definition) is 6. The lowest BCUT2D eigenvalue weighted by Gasteiger charge is -2.44. The highest BCUT2D eigenvalue weighted by Crippen LogP contribution is 2.30. The first-order valence-electron chi connectivity index (χ1n) is 7.84. The molecule has 0 aliphatic carbocycles. The maximum atomic E-state index is 12.4. The van der Waals surface area contributed by atoms with Crippen molar-refractivity contribution in [3.63, 3.8) is 0 Å². The summed E-state index contributed by atoms with van der Waals surface area (Å²) in [5, 5.41) is 0. The molecule has 1 heterocycles. The van der Waals surface area contributed by atoms with Crippen LogP contribution in [-0.4, -0.2) is 57.1 Å². The molecule has 7 heteroatoms. The number of carbonyl (C=O) groups excluding carboxylic acids is 2. The Kier molecular flexibility index (Phi) is 6.30. The van der Waals surface area contributed by atoms with Gasteiger partial charge in [-0.05, 0) is 31.2 Å². The van der Waals surface area contributed by atoms with Crippen molar-refractivity contribution in [1.82, 2.24) is 0 Å². The Labute approximate surface area is 146 Å². The molecule has 0 aromatic heterocycles. The van der Waals surface area contributed by atoms with Gasteiger partial charge in [0.2, 0.25) is 0 Å². The maximum Gasteiger partial charge on any atom is 0.330 e. The van der Waals surface area contributed by atoms with E-state index < -0.39 is 24.2 Å². The molecule has 0 N–H and O–H groups in total. The largest absolute Gasteiger partial charge is 0.497 e. The van der Waals surface area contributed by atoms with Crippen LogP contribution in [-0.2, 0) is 19.1 Å². The minimum atomic E-state index is -0.659. The second-order valence-electron chi connectivity index (χ2n) is 5.44. The Morgan fingerprint density at radius 3 is 2.60 bits per heavy atom. The summed E-state index contributed by atoms with van der Waals surface area (Å²) in [6, 6.07) is 6.04. The van der Waals surface area contributed by atoms with E-state index in [1.54, 1.807) is 55.5 Å². The molecule has 3 atom stereocenters. The first kappa shape index (κ1) is 18.7. The number of benzene rings is 1. The van der Waals surface area contributed by atoms with E-state index in [1.807, 2.05) is 0 Å². The van der Waals surface area contributed by atoms with Gasteiger partial charge in [-0.25, -0.2) is 4.79 Å². The lowest BCUT2D eigenvalue weighted by Crippen LogP contribution is -2.67. The normalized spacial score (nSPS) is 20.9. The van der Waals surface area contributed by atoms with Crippen molar-refractivity contribution in [2.24, 2.45) is 4.99 Å². The van der Waals surface area contributed by atoms with Crippen LogP contribution in [0.5, 0.6) is 5.75 Å². The number of aliphatic imine (C=N–C) groups is 1. The number of nitrogens with zero attached hydrogens (tertiary/aromatic N) is 2. The molecule has 1 amide bonds. The van der Waals surface area contributed by atoms with E-state index in [2.05, 4.69) is 16.3 Å². The summed E-state index contributed by atoms with van der Waals surface area (Å²) in [6.45, 7) is 5.47. The number of methoxy groups -OCH3 is 2. The van der Waals surface area contributed by atoms with Gasteiger partial charge in [-0.3, -0.25) is 14.7 Å². The topological polar surface area (TPSA) is 77.4 Å². The number of esters is 1. The zero-order chi connectivity index (χ0) is 18.4. The van der Waals surface area contributed by atoms with Crippen LogP contribution in [0.1, 0.15) is 6.92 Å². The number of amides is 1. The molecule has 1 aliphatic heterocycles. The Bertz CT molecular complexity index is 656. The number of ether oxygens (including phenoxy) is 3. The highest BCUT2D eigenvalue weighted by molar-refractivity contribution is 6.10. The second-order valence-corrected chi connectivity index (χ2v) is 5.44. The molecule has 1 aromatic rings. The molecule has 1 unspecified atom stereocenters. The van der Waals surface area contributed by atoms with Gasteiger partial charge in [0, 0.05) is 11.9 Å². The van der Waals surface area contributed by atoms with Gasteiger partial charge in [-0.15, -0.1) is 6.58 Å². The van der Waals surface area contributed by atoms with Gasteiger partial charge in [0.05, 0.1) is 20.8 Å². The first-order valence-corrected chi connectivity index (χ1v) is 7.84. The summed E-state index contributed by atoms with van der Waals surface area (Å²) in [5.74, 6) is 0.0800. The molecule has 134 valence electrons. The molecule has 1 fully saturated rings. The Hall–Kier alpha value is -2.67. The van der Waals surface area contributed by atoms with Crippen molar-refractivity contribution in [3.8, 4) is 5.75 Å². The van der Waals surface area contributed by atoms with Crippen LogP contribution in [0.15, 0.2) is 41.9 Å². The third-order valence-corrected chi connectivity index (χ3v) is 3.84. The summed E-state index contributed by atoms with van der Waals surface area (Å²) < 4.78 is 15.3. The van der Waals surface area contributed by atoms with Crippen LogP contribution < -0.4 is 9.64 Å². The molecule has 0 radical (unpaired) electrons. The standard InChI is InChI=1S/C18H22N2O5/c1-5-10-25-16-15(11-19-12(2)18(22)24-4)20(17(16)21)13-6-8-14(23-3)9-7-13/h5-9,11-12,15-16H,1,10H2,2-4H3/t12?,15-,16+/m0/s1. The summed E-state index contributed by atoms with van der Waals surface area (Å²) in [7, 11) is 2.88. The van der Waals surface area contributed by atoms with Crippen molar-refractivity contribution >= 4 is 23.8 Å². The van der Waals surface area contributed by atoms with Crippen LogP contribution in [0.2, 0.25) is 0 Å². The molecule has 1 aromatic carbocycles. The predicted molar refractivity (Wildman–Crippen MR) is 94.2 cm³/mol. The van der Waals surface area contributed by atoms with Crippen LogP contribution in [0, 0.1) is 0 Å². The average Bonchev–Trinajstić information content (AvgIpc) is 2.64. The van der Waals surface area contributed by atoms with Gasteiger partial charge in [0.25, 0.3) is 5.91 Å². The minimum Gasteiger partial charge on any atom is -0.497 e. The number of anilines is 1. The Balaban J connectivity index is 2.20. The molecule has 0 spiro atoms. The number of rotatable bonds is 8. The minimum absolute atomic E-state index is 0.172. The van der Waals surface area contributed by atoms with Crippen molar-refractivity contribution < 1.29 is 23.8 Å². The zero-order valence-electron chi connectivity index (χ0n) is 14.5. The SMILES string of the molecule is C=CCO[C@H]1C(=O)N(c2ccc(OC)cc2)[C@H]1C=NC(C)C(=O)OC. The highest BCUT2D eigenvalue weighted by atomic mass is 16.5. The second kappa shape index (κ2) is 8.43. The Morgan fingerprint density at radius 2 is 2.04 bits per heavy atom. The van der Waals surface area contributed by atoms with E-state index in [4.69, 9.17) is 9.47 Å². The van der Waals surface area contributed by atoms with Gasteiger partial charge in [-0.1, -0.05) is 6.08 Å². The predicted octanol–water partition coefficient (Wildman–Crippen LogP) is 1.61. The van der Waals surface area contributed by atoms with Gasteiger partial charge in [-0.2, -0.15) is 0 Å². The lowest BCUT2D eigenvalue weighted by molar-refractivity contribution is -0.141. The van der Waals surface area contributed by atoms with E-state index in [1.165, 1.54) is 7.11 Å².